The van der Waals surface area contributed by atoms with E-state index in [0.717, 1.165) is 18.4 Å². The second-order valence-corrected chi connectivity index (χ2v) is 2.38. The molecule has 1 rings (SSSR count). The maximum Gasteiger partial charge on any atom is 0.125 e. The molecule has 1 aromatic rings. The third kappa shape index (κ3) is 2.15. The number of carbonyl (C=O) groups is 1. The summed E-state index contributed by atoms with van der Waals surface area (Å²) < 4.78 is 0. The van der Waals surface area contributed by atoms with Gasteiger partial charge in [-0.15, -0.1) is 0 Å². The van der Waals surface area contributed by atoms with E-state index in [-0.39, 0.29) is 0 Å². The van der Waals surface area contributed by atoms with Gasteiger partial charge in [-0.1, -0.05) is 13.0 Å². The molecule has 0 spiro atoms. The zero-order chi connectivity index (χ0) is 8.10. The van der Waals surface area contributed by atoms with Gasteiger partial charge in [-0.2, -0.15) is 0 Å². The molecule has 0 aliphatic rings. The SMILES string of the molecule is CCc1ccc(CC=O)nc1. The molecule has 0 fully saturated rings. The first-order valence-corrected chi connectivity index (χ1v) is 3.74. The normalized spacial score (nSPS) is 9.55. The fourth-order valence-electron chi connectivity index (χ4n) is 0.870. The summed E-state index contributed by atoms with van der Waals surface area (Å²) in [7, 11) is 0. The van der Waals surface area contributed by atoms with E-state index in [1.807, 2.05) is 18.3 Å². The van der Waals surface area contributed by atoms with Gasteiger partial charge >= 0.3 is 0 Å². The molecular formula is C9H11NO. The van der Waals surface area contributed by atoms with Crippen LogP contribution in [-0.2, 0) is 17.6 Å². The van der Waals surface area contributed by atoms with Gasteiger partial charge in [0.15, 0.2) is 0 Å². The third-order valence-electron chi connectivity index (χ3n) is 1.59. The zero-order valence-electron chi connectivity index (χ0n) is 6.58. The van der Waals surface area contributed by atoms with Crippen LogP contribution < -0.4 is 0 Å². The lowest BCUT2D eigenvalue weighted by atomic mass is 10.2. The minimum atomic E-state index is 0.421. The number of aryl methyl sites for hydroxylation is 1. The van der Waals surface area contributed by atoms with Gasteiger partial charge in [0.1, 0.15) is 6.29 Å². The maximum atomic E-state index is 10.1. The topological polar surface area (TPSA) is 30.0 Å². The van der Waals surface area contributed by atoms with Crippen LogP contribution in [-0.4, -0.2) is 11.3 Å². The van der Waals surface area contributed by atoms with Gasteiger partial charge in [-0.3, -0.25) is 4.98 Å². The lowest BCUT2D eigenvalue weighted by Gasteiger charge is -1.96. The predicted octanol–water partition coefficient (Wildman–Crippen LogP) is 1.39. The summed E-state index contributed by atoms with van der Waals surface area (Å²) >= 11 is 0. The van der Waals surface area contributed by atoms with E-state index in [2.05, 4.69) is 11.9 Å². The van der Waals surface area contributed by atoms with Crippen molar-refractivity contribution in [2.45, 2.75) is 19.8 Å². The van der Waals surface area contributed by atoms with Crippen LogP contribution in [0.5, 0.6) is 0 Å². The van der Waals surface area contributed by atoms with Gasteiger partial charge in [0.05, 0.1) is 0 Å². The van der Waals surface area contributed by atoms with E-state index < -0.39 is 0 Å². The maximum absolute atomic E-state index is 10.1. The molecular weight excluding hydrogens is 138 g/mol. The minimum Gasteiger partial charge on any atom is -0.303 e. The summed E-state index contributed by atoms with van der Waals surface area (Å²) in [6, 6.07) is 3.90. The molecule has 0 saturated heterocycles. The first-order chi connectivity index (χ1) is 5.36. The van der Waals surface area contributed by atoms with E-state index in [1.54, 1.807) is 0 Å². The number of aromatic nitrogens is 1. The van der Waals surface area contributed by atoms with Crippen LogP contribution in [0.1, 0.15) is 18.2 Å². The zero-order valence-corrected chi connectivity index (χ0v) is 6.58. The lowest BCUT2D eigenvalue weighted by molar-refractivity contribution is -0.107. The number of rotatable bonds is 3. The highest BCUT2D eigenvalue weighted by Crippen LogP contribution is 2.00. The molecule has 0 unspecified atom stereocenters. The fourth-order valence-corrected chi connectivity index (χ4v) is 0.870. The monoisotopic (exact) mass is 149 g/mol. The molecule has 58 valence electrons. The molecule has 0 aliphatic heterocycles. The summed E-state index contributed by atoms with van der Waals surface area (Å²) in [5.41, 5.74) is 2.05. The van der Waals surface area contributed by atoms with Crippen molar-refractivity contribution in [1.82, 2.24) is 4.98 Å². The summed E-state index contributed by atoms with van der Waals surface area (Å²) in [6.45, 7) is 2.08. The molecule has 0 aliphatic carbocycles. The molecule has 0 amide bonds. The van der Waals surface area contributed by atoms with Crippen molar-refractivity contribution in [2.24, 2.45) is 0 Å². The number of aldehydes is 1. The molecule has 1 aromatic heterocycles. The Hall–Kier alpha value is -1.18. The fraction of sp³-hybridized carbons (Fsp3) is 0.333. The van der Waals surface area contributed by atoms with Crippen molar-refractivity contribution in [1.29, 1.82) is 0 Å². The van der Waals surface area contributed by atoms with Gasteiger partial charge in [0.25, 0.3) is 0 Å². The van der Waals surface area contributed by atoms with Crippen molar-refractivity contribution in [3.8, 4) is 0 Å². The second kappa shape index (κ2) is 3.86. The van der Waals surface area contributed by atoms with Gasteiger partial charge in [-0.05, 0) is 18.1 Å². The Balaban J connectivity index is 2.74. The molecule has 0 bridgehead atoms. The number of carbonyl (C=O) groups excluding carboxylic acids is 1. The molecule has 0 radical (unpaired) electrons. The summed E-state index contributed by atoms with van der Waals surface area (Å²) in [5.74, 6) is 0. The molecule has 0 N–H and O–H groups in total. The van der Waals surface area contributed by atoms with Crippen LogP contribution in [0, 0.1) is 0 Å². The average molecular weight is 149 g/mol. The minimum absolute atomic E-state index is 0.421. The molecule has 0 atom stereocenters. The Morgan fingerprint density at radius 2 is 2.36 bits per heavy atom. The van der Waals surface area contributed by atoms with E-state index in [0.29, 0.717) is 6.42 Å². The van der Waals surface area contributed by atoms with Crippen molar-refractivity contribution < 1.29 is 4.79 Å². The van der Waals surface area contributed by atoms with Gasteiger partial charge < -0.3 is 4.79 Å². The molecule has 0 saturated carbocycles. The van der Waals surface area contributed by atoms with Gasteiger partial charge in [-0.25, -0.2) is 0 Å². The van der Waals surface area contributed by atoms with E-state index in [1.165, 1.54) is 5.56 Å². The third-order valence-corrected chi connectivity index (χ3v) is 1.59. The molecule has 11 heavy (non-hydrogen) atoms. The van der Waals surface area contributed by atoms with E-state index >= 15 is 0 Å². The highest BCUT2D eigenvalue weighted by atomic mass is 16.1. The summed E-state index contributed by atoms with van der Waals surface area (Å²) in [5, 5.41) is 0. The van der Waals surface area contributed by atoms with Crippen molar-refractivity contribution >= 4 is 6.29 Å². The Morgan fingerprint density at radius 1 is 1.55 bits per heavy atom. The molecule has 2 nitrogen and oxygen atoms in total. The first-order valence-electron chi connectivity index (χ1n) is 3.74. The van der Waals surface area contributed by atoms with Crippen LogP contribution in [0.25, 0.3) is 0 Å². The number of pyridine rings is 1. The average Bonchev–Trinajstić information content (AvgIpc) is 2.07. The van der Waals surface area contributed by atoms with Crippen LogP contribution in [0.2, 0.25) is 0 Å². The number of hydrogen-bond acceptors (Lipinski definition) is 2. The van der Waals surface area contributed by atoms with E-state index in [9.17, 15) is 4.79 Å². The first kappa shape index (κ1) is 7.92. The predicted molar refractivity (Wildman–Crippen MR) is 43.4 cm³/mol. The quantitative estimate of drug-likeness (QED) is 0.608. The van der Waals surface area contributed by atoms with E-state index in [4.69, 9.17) is 0 Å². The highest BCUT2D eigenvalue weighted by Gasteiger charge is 1.92. The summed E-state index contributed by atoms with van der Waals surface area (Å²) in [4.78, 5) is 14.2. The van der Waals surface area contributed by atoms with Crippen molar-refractivity contribution in [3.05, 3.63) is 29.6 Å². The Kier molecular flexibility index (Phi) is 2.78. The van der Waals surface area contributed by atoms with Gasteiger partial charge in [0.2, 0.25) is 0 Å². The van der Waals surface area contributed by atoms with Crippen LogP contribution in [0.3, 0.4) is 0 Å². The number of hydrogen-bond donors (Lipinski definition) is 0. The van der Waals surface area contributed by atoms with Gasteiger partial charge in [0, 0.05) is 18.3 Å². The van der Waals surface area contributed by atoms with Crippen molar-refractivity contribution in [3.63, 3.8) is 0 Å². The highest BCUT2D eigenvalue weighted by molar-refractivity contribution is 5.53. The Bertz CT molecular complexity index is 228. The molecule has 1 heterocycles. The lowest BCUT2D eigenvalue weighted by Crippen LogP contribution is -1.91. The van der Waals surface area contributed by atoms with Crippen LogP contribution in [0.4, 0.5) is 0 Å². The largest absolute Gasteiger partial charge is 0.303 e. The molecule has 0 aromatic carbocycles. The summed E-state index contributed by atoms with van der Waals surface area (Å²) in [6.07, 6.45) is 4.10. The Labute approximate surface area is 66.3 Å². The van der Waals surface area contributed by atoms with Crippen LogP contribution in [0.15, 0.2) is 18.3 Å². The smallest absolute Gasteiger partial charge is 0.125 e. The Morgan fingerprint density at radius 3 is 2.82 bits per heavy atom. The second-order valence-electron chi connectivity index (χ2n) is 2.38. The molecule has 2 heteroatoms. The van der Waals surface area contributed by atoms with Crippen LogP contribution >= 0.6 is 0 Å². The van der Waals surface area contributed by atoms with Crippen molar-refractivity contribution in [2.75, 3.05) is 0 Å². The number of nitrogens with zero attached hydrogens (tertiary/aromatic N) is 1. The standard InChI is InChI=1S/C9H11NO/c1-2-8-3-4-9(5-6-11)10-7-8/h3-4,6-7H,2,5H2,1H3.